The fraction of sp³-hybridized carbons (Fsp3) is 0.929. The van der Waals surface area contributed by atoms with E-state index in [1.807, 2.05) is 0 Å². The molecular formula is C14H22F2N2O. The molecule has 0 spiro atoms. The third kappa shape index (κ3) is 3.07. The Kier molecular flexibility index (Phi) is 3.50. The zero-order valence-corrected chi connectivity index (χ0v) is 11.1. The van der Waals surface area contributed by atoms with Crippen molar-refractivity contribution < 1.29 is 13.6 Å². The summed E-state index contributed by atoms with van der Waals surface area (Å²) >= 11 is 0. The van der Waals surface area contributed by atoms with Gasteiger partial charge in [0.25, 0.3) is 5.92 Å². The van der Waals surface area contributed by atoms with E-state index in [1.165, 1.54) is 32.1 Å². The van der Waals surface area contributed by atoms with Gasteiger partial charge in [0, 0.05) is 12.5 Å². The Labute approximate surface area is 112 Å². The van der Waals surface area contributed by atoms with Gasteiger partial charge in [-0.1, -0.05) is 32.1 Å². The van der Waals surface area contributed by atoms with Gasteiger partial charge in [-0.3, -0.25) is 10.1 Å². The molecule has 2 saturated carbocycles. The molecule has 0 bridgehead atoms. The molecule has 19 heavy (non-hydrogen) atoms. The highest BCUT2D eigenvalue weighted by Crippen LogP contribution is 2.44. The van der Waals surface area contributed by atoms with Gasteiger partial charge in [-0.05, 0) is 18.3 Å². The summed E-state index contributed by atoms with van der Waals surface area (Å²) in [5.41, 5.74) is 0. The van der Waals surface area contributed by atoms with E-state index < -0.39 is 12.0 Å². The standard InChI is InChI=1S/C14H22F2N2O/c15-14(16)7-12(17-8-14)13(19)18-11-6-10(11)9-4-2-1-3-5-9/h9-12,17H,1-8H2,(H,18,19). The zero-order chi connectivity index (χ0) is 13.5. The Morgan fingerprint density at radius 3 is 2.58 bits per heavy atom. The van der Waals surface area contributed by atoms with Crippen molar-refractivity contribution in [2.45, 2.75) is 63.0 Å². The van der Waals surface area contributed by atoms with Crippen molar-refractivity contribution in [2.24, 2.45) is 11.8 Å². The molecule has 1 heterocycles. The number of amides is 1. The van der Waals surface area contributed by atoms with E-state index >= 15 is 0 Å². The van der Waals surface area contributed by atoms with Crippen molar-refractivity contribution in [1.82, 2.24) is 10.6 Å². The van der Waals surface area contributed by atoms with Crippen LogP contribution in [0.2, 0.25) is 0 Å². The molecule has 3 unspecified atom stereocenters. The number of carbonyl (C=O) groups is 1. The number of rotatable bonds is 3. The van der Waals surface area contributed by atoms with E-state index in [4.69, 9.17) is 0 Å². The van der Waals surface area contributed by atoms with E-state index in [0.29, 0.717) is 5.92 Å². The van der Waals surface area contributed by atoms with Crippen molar-refractivity contribution in [3.8, 4) is 0 Å². The van der Waals surface area contributed by atoms with Crippen molar-refractivity contribution >= 4 is 5.91 Å². The molecular weight excluding hydrogens is 250 g/mol. The molecule has 3 atom stereocenters. The lowest BCUT2D eigenvalue weighted by atomic mass is 9.85. The topological polar surface area (TPSA) is 41.1 Å². The van der Waals surface area contributed by atoms with Crippen LogP contribution in [0.15, 0.2) is 0 Å². The van der Waals surface area contributed by atoms with Gasteiger partial charge in [-0.25, -0.2) is 8.78 Å². The minimum absolute atomic E-state index is 0.236. The molecule has 1 amide bonds. The first-order valence-corrected chi connectivity index (χ1v) is 7.47. The van der Waals surface area contributed by atoms with Gasteiger partial charge in [0.15, 0.2) is 0 Å². The minimum Gasteiger partial charge on any atom is -0.352 e. The quantitative estimate of drug-likeness (QED) is 0.826. The van der Waals surface area contributed by atoms with Gasteiger partial charge in [-0.2, -0.15) is 0 Å². The molecule has 2 N–H and O–H groups in total. The molecule has 0 aromatic heterocycles. The first kappa shape index (κ1) is 13.3. The molecule has 3 nitrogen and oxygen atoms in total. The highest BCUT2D eigenvalue weighted by atomic mass is 19.3. The fourth-order valence-corrected chi connectivity index (χ4v) is 3.65. The molecule has 5 heteroatoms. The van der Waals surface area contributed by atoms with Gasteiger partial charge >= 0.3 is 0 Å². The maximum Gasteiger partial charge on any atom is 0.262 e. The largest absolute Gasteiger partial charge is 0.352 e. The monoisotopic (exact) mass is 272 g/mol. The normalized spacial score (nSPS) is 38.1. The van der Waals surface area contributed by atoms with Crippen LogP contribution < -0.4 is 10.6 Å². The van der Waals surface area contributed by atoms with Crippen molar-refractivity contribution in [3.05, 3.63) is 0 Å². The van der Waals surface area contributed by atoms with E-state index in [1.54, 1.807) is 0 Å². The summed E-state index contributed by atoms with van der Waals surface area (Å²) in [6.07, 6.45) is 7.17. The van der Waals surface area contributed by atoms with Crippen LogP contribution in [0.3, 0.4) is 0 Å². The summed E-state index contributed by atoms with van der Waals surface area (Å²) in [5.74, 6) is -1.61. The van der Waals surface area contributed by atoms with Crippen LogP contribution in [-0.2, 0) is 4.79 Å². The van der Waals surface area contributed by atoms with Crippen molar-refractivity contribution in [3.63, 3.8) is 0 Å². The van der Waals surface area contributed by atoms with Gasteiger partial charge in [0.2, 0.25) is 5.91 Å². The molecule has 0 aromatic carbocycles. The lowest BCUT2D eigenvalue weighted by Crippen LogP contribution is -2.42. The average molecular weight is 272 g/mol. The lowest BCUT2D eigenvalue weighted by Gasteiger charge is -2.22. The van der Waals surface area contributed by atoms with Gasteiger partial charge in [0.1, 0.15) is 0 Å². The first-order chi connectivity index (χ1) is 9.05. The molecule has 0 radical (unpaired) electrons. The lowest BCUT2D eigenvalue weighted by molar-refractivity contribution is -0.123. The smallest absolute Gasteiger partial charge is 0.262 e. The second kappa shape index (κ2) is 5.00. The number of alkyl halides is 2. The number of hydrogen-bond donors (Lipinski definition) is 2. The van der Waals surface area contributed by atoms with Crippen LogP contribution in [0.5, 0.6) is 0 Å². The SMILES string of the molecule is O=C(NC1CC1C1CCCCC1)C1CC(F)(F)CN1. The second-order valence-corrected chi connectivity index (χ2v) is 6.41. The van der Waals surface area contributed by atoms with E-state index in [9.17, 15) is 13.6 Å². The van der Waals surface area contributed by atoms with E-state index in [2.05, 4.69) is 10.6 Å². The van der Waals surface area contributed by atoms with Crippen molar-refractivity contribution in [1.29, 1.82) is 0 Å². The number of hydrogen-bond acceptors (Lipinski definition) is 2. The predicted octanol–water partition coefficient (Wildman–Crippen LogP) is 2.07. The number of nitrogens with one attached hydrogen (secondary N) is 2. The molecule has 2 aliphatic carbocycles. The third-order valence-corrected chi connectivity index (χ3v) is 4.85. The summed E-state index contributed by atoms with van der Waals surface area (Å²) in [7, 11) is 0. The first-order valence-electron chi connectivity index (χ1n) is 7.47. The predicted molar refractivity (Wildman–Crippen MR) is 68.0 cm³/mol. The van der Waals surface area contributed by atoms with Gasteiger partial charge in [0.05, 0.1) is 12.6 Å². The van der Waals surface area contributed by atoms with Gasteiger partial charge in [-0.15, -0.1) is 0 Å². The van der Waals surface area contributed by atoms with Crippen LogP contribution in [0.25, 0.3) is 0 Å². The minimum atomic E-state index is -2.73. The Bertz CT molecular complexity index is 355. The summed E-state index contributed by atoms with van der Waals surface area (Å²) in [6.45, 7) is -0.373. The zero-order valence-electron chi connectivity index (χ0n) is 11.1. The van der Waals surface area contributed by atoms with Crippen LogP contribution in [0.4, 0.5) is 8.78 Å². The maximum atomic E-state index is 13.0. The fourth-order valence-electron chi connectivity index (χ4n) is 3.65. The van der Waals surface area contributed by atoms with Crippen LogP contribution in [0.1, 0.15) is 44.9 Å². The molecule has 1 saturated heterocycles. The Hall–Kier alpha value is -0.710. The van der Waals surface area contributed by atoms with Crippen LogP contribution in [0, 0.1) is 11.8 Å². The van der Waals surface area contributed by atoms with Crippen LogP contribution >= 0.6 is 0 Å². The van der Waals surface area contributed by atoms with Gasteiger partial charge < -0.3 is 5.32 Å². The number of halogens is 2. The summed E-state index contributed by atoms with van der Waals surface area (Å²) in [6, 6.07) is -0.464. The summed E-state index contributed by atoms with van der Waals surface area (Å²) < 4.78 is 26.1. The van der Waals surface area contributed by atoms with Crippen molar-refractivity contribution in [2.75, 3.05) is 6.54 Å². The van der Waals surface area contributed by atoms with Crippen LogP contribution in [-0.4, -0.2) is 30.5 Å². The molecule has 3 fully saturated rings. The molecule has 108 valence electrons. The Balaban J connectivity index is 1.44. The number of carbonyl (C=O) groups excluding carboxylic acids is 1. The summed E-state index contributed by atoms with van der Waals surface area (Å²) in [4.78, 5) is 11.9. The van der Waals surface area contributed by atoms with E-state index in [0.717, 1.165) is 12.3 Å². The molecule has 1 aliphatic heterocycles. The second-order valence-electron chi connectivity index (χ2n) is 6.41. The summed E-state index contributed by atoms with van der Waals surface area (Å²) in [5, 5.41) is 5.56. The molecule has 3 aliphatic rings. The third-order valence-electron chi connectivity index (χ3n) is 4.85. The highest BCUT2D eigenvalue weighted by Gasteiger charge is 2.47. The average Bonchev–Trinajstić information content (AvgIpc) is 3.05. The molecule has 3 rings (SSSR count). The van der Waals surface area contributed by atoms with E-state index in [-0.39, 0.29) is 24.9 Å². The Morgan fingerprint density at radius 2 is 1.95 bits per heavy atom. The highest BCUT2D eigenvalue weighted by molar-refractivity contribution is 5.82. The Morgan fingerprint density at radius 1 is 1.21 bits per heavy atom. The molecule has 0 aromatic rings. The maximum absolute atomic E-state index is 13.0.